The highest BCUT2D eigenvalue weighted by Gasteiger charge is 2.16. The summed E-state index contributed by atoms with van der Waals surface area (Å²) in [4.78, 5) is 0. The van der Waals surface area contributed by atoms with E-state index in [0.29, 0.717) is 0 Å². The van der Waals surface area contributed by atoms with E-state index in [1.165, 1.54) is 148 Å². The standard InChI is InChI=1S/C29H57N2/c1-4-7-10-13-15-16-17-18-19-21-24-29-30(25-22-12-9-6-3)27-28-31(29)26-23-20-14-11-8-5-2/h27-28H,4-26H2,1-3H3/q+1. The highest BCUT2D eigenvalue weighted by molar-refractivity contribution is 4.84. The van der Waals surface area contributed by atoms with Gasteiger partial charge in [0.05, 0.1) is 13.1 Å². The molecule has 0 aliphatic heterocycles. The minimum absolute atomic E-state index is 1.22. The van der Waals surface area contributed by atoms with Crippen LogP contribution < -0.4 is 4.57 Å². The quantitative estimate of drug-likeness (QED) is 0.120. The Bertz CT molecular complexity index is 491. The third kappa shape index (κ3) is 14.8. The molecule has 1 heterocycles. The zero-order valence-corrected chi connectivity index (χ0v) is 21.8. The Morgan fingerprint density at radius 2 is 1.00 bits per heavy atom. The van der Waals surface area contributed by atoms with Gasteiger partial charge in [-0.25, -0.2) is 9.13 Å². The van der Waals surface area contributed by atoms with Crippen molar-refractivity contribution in [1.82, 2.24) is 4.57 Å². The molecule has 182 valence electrons. The van der Waals surface area contributed by atoms with Crippen LogP contribution in [0.15, 0.2) is 12.4 Å². The third-order valence-electron chi connectivity index (χ3n) is 6.85. The summed E-state index contributed by atoms with van der Waals surface area (Å²) in [6.07, 6.45) is 34.0. The summed E-state index contributed by atoms with van der Waals surface area (Å²) in [6, 6.07) is 0. The molecule has 0 amide bonds. The number of imidazole rings is 1. The number of rotatable bonds is 23. The average molecular weight is 434 g/mol. The molecule has 1 rings (SSSR count). The number of aromatic nitrogens is 2. The van der Waals surface area contributed by atoms with Crippen LogP contribution in [0.25, 0.3) is 0 Å². The fourth-order valence-corrected chi connectivity index (χ4v) is 4.73. The van der Waals surface area contributed by atoms with E-state index in [1.807, 2.05) is 0 Å². The Hall–Kier alpha value is -0.790. The molecular weight excluding hydrogens is 376 g/mol. The van der Waals surface area contributed by atoms with Crippen LogP contribution in [0.3, 0.4) is 0 Å². The second-order valence-corrected chi connectivity index (χ2v) is 9.86. The lowest BCUT2D eigenvalue weighted by atomic mass is 10.1. The zero-order chi connectivity index (χ0) is 22.4. The smallest absolute Gasteiger partial charge is 0.234 e. The topological polar surface area (TPSA) is 8.81 Å². The molecule has 0 aromatic carbocycles. The Balaban J connectivity index is 2.34. The van der Waals surface area contributed by atoms with Gasteiger partial charge < -0.3 is 0 Å². The second-order valence-electron chi connectivity index (χ2n) is 9.86. The van der Waals surface area contributed by atoms with Gasteiger partial charge in [0, 0.05) is 6.42 Å². The zero-order valence-electron chi connectivity index (χ0n) is 21.8. The van der Waals surface area contributed by atoms with Crippen molar-refractivity contribution in [2.75, 3.05) is 0 Å². The third-order valence-corrected chi connectivity index (χ3v) is 6.85. The molecule has 0 aliphatic carbocycles. The lowest BCUT2D eigenvalue weighted by Gasteiger charge is -2.07. The Morgan fingerprint density at radius 3 is 1.55 bits per heavy atom. The molecule has 2 heteroatoms. The predicted molar refractivity (Wildman–Crippen MR) is 138 cm³/mol. The molecule has 31 heavy (non-hydrogen) atoms. The average Bonchev–Trinajstić information content (AvgIpc) is 3.16. The fourth-order valence-electron chi connectivity index (χ4n) is 4.73. The van der Waals surface area contributed by atoms with Crippen LogP contribution in [0.4, 0.5) is 0 Å². The van der Waals surface area contributed by atoms with E-state index in [2.05, 4.69) is 42.3 Å². The van der Waals surface area contributed by atoms with E-state index in [0.717, 1.165) is 0 Å². The van der Waals surface area contributed by atoms with Crippen LogP contribution in [-0.2, 0) is 19.5 Å². The number of hydrogen-bond acceptors (Lipinski definition) is 0. The van der Waals surface area contributed by atoms with Gasteiger partial charge in [0.25, 0.3) is 5.82 Å². The fraction of sp³-hybridized carbons (Fsp3) is 0.897. The first-order chi connectivity index (χ1) is 15.3. The van der Waals surface area contributed by atoms with Gasteiger partial charge in [-0.15, -0.1) is 0 Å². The molecule has 0 radical (unpaired) electrons. The number of unbranched alkanes of at least 4 members (excludes halogenated alkanes) is 17. The first-order valence-electron chi connectivity index (χ1n) is 14.4. The van der Waals surface area contributed by atoms with Crippen LogP contribution >= 0.6 is 0 Å². The molecule has 0 atom stereocenters. The summed E-state index contributed by atoms with van der Waals surface area (Å²) in [7, 11) is 0. The maximum atomic E-state index is 2.59. The number of nitrogens with zero attached hydrogens (tertiary/aromatic N) is 2. The molecule has 0 unspecified atom stereocenters. The lowest BCUT2D eigenvalue weighted by Crippen LogP contribution is -2.37. The van der Waals surface area contributed by atoms with Gasteiger partial charge in [-0.05, 0) is 32.1 Å². The summed E-state index contributed by atoms with van der Waals surface area (Å²) in [5.74, 6) is 1.60. The van der Waals surface area contributed by atoms with E-state index in [-0.39, 0.29) is 0 Å². The summed E-state index contributed by atoms with van der Waals surface area (Å²) in [5.41, 5.74) is 0. The van der Waals surface area contributed by atoms with Crippen molar-refractivity contribution in [3.8, 4) is 0 Å². The largest absolute Gasteiger partial charge is 0.256 e. The van der Waals surface area contributed by atoms with E-state index in [1.54, 1.807) is 5.82 Å². The van der Waals surface area contributed by atoms with Gasteiger partial charge in [0.2, 0.25) is 0 Å². The first kappa shape index (κ1) is 28.2. The molecule has 1 aromatic rings. The van der Waals surface area contributed by atoms with Crippen molar-refractivity contribution in [3.05, 3.63) is 18.2 Å². The summed E-state index contributed by atoms with van der Waals surface area (Å²) < 4.78 is 5.17. The van der Waals surface area contributed by atoms with Crippen LogP contribution in [-0.4, -0.2) is 4.57 Å². The Morgan fingerprint density at radius 1 is 0.548 bits per heavy atom. The second kappa shape index (κ2) is 21.1. The molecule has 0 saturated heterocycles. The number of hydrogen-bond donors (Lipinski definition) is 0. The van der Waals surface area contributed by atoms with E-state index < -0.39 is 0 Å². The highest BCUT2D eigenvalue weighted by atomic mass is 15.1. The molecule has 0 fully saturated rings. The predicted octanol–water partition coefficient (Wildman–Crippen LogP) is 9.18. The number of aryl methyl sites for hydroxylation is 2. The van der Waals surface area contributed by atoms with Gasteiger partial charge in [-0.1, -0.05) is 117 Å². The maximum absolute atomic E-state index is 2.59. The Labute approximate surface area is 196 Å². The summed E-state index contributed by atoms with van der Waals surface area (Å²) in [6.45, 7) is 9.36. The van der Waals surface area contributed by atoms with Crippen LogP contribution in [0.1, 0.15) is 155 Å². The first-order valence-corrected chi connectivity index (χ1v) is 14.4. The van der Waals surface area contributed by atoms with Crippen molar-refractivity contribution in [2.24, 2.45) is 0 Å². The molecular formula is C29H57N2+. The van der Waals surface area contributed by atoms with Crippen LogP contribution in [0, 0.1) is 0 Å². The summed E-state index contributed by atoms with van der Waals surface area (Å²) in [5, 5.41) is 0. The van der Waals surface area contributed by atoms with Crippen LogP contribution in [0.5, 0.6) is 0 Å². The molecule has 0 bridgehead atoms. The molecule has 0 spiro atoms. The van der Waals surface area contributed by atoms with Crippen LogP contribution in [0.2, 0.25) is 0 Å². The van der Waals surface area contributed by atoms with Gasteiger partial charge in [-0.3, -0.25) is 0 Å². The summed E-state index contributed by atoms with van der Waals surface area (Å²) >= 11 is 0. The molecule has 0 saturated carbocycles. The SMILES string of the molecule is CCCCCCCCCCCCc1n(CCCCCC)cc[n+]1CCCCCCCC. The maximum Gasteiger partial charge on any atom is 0.256 e. The van der Waals surface area contributed by atoms with E-state index >= 15 is 0 Å². The molecule has 1 aromatic heterocycles. The van der Waals surface area contributed by atoms with Crippen molar-refractivity contribution in [2.45, 2.75) is 169 Å². The lowest BCUT2D eigenvalue weighted by molar-refractivity contribution is -0.704. The van der Waals surface area contributed by atoms with Gasteiger partial charge in [-0.2, -0.15) is 0 Å². The van der Waals surface area contributed by atoms with Gasteiger partial charge >= 0.3 is 0 Å². The van der Waals surface area contributed by atoms with E-state index in [9.17, 15) is 0 Å². The van der Waals surface area contributed by atoms with Crippen molar-refractivity contribution in [1.29, 1.82) is 0 Å². The van der Waals surface area contributed by atoms with Crippen molar-refractivity contribution in [3.63, 3.8) is 0 Å². The normalized spacial score (nSPS) is 11.5. The van der Waals surface area contributed by atoms with Gasteiger partial charge in [0.15, 0.2) is 0 Å². The molecule has 0 N–H and O–H groups in total. The van der Waals surface area contributed by atoms with E-state index in [4.69, 9.17) is 0 Å². The van der Waals surface area contributed by atoms with Crippen molar-refractivity contribution < 1.29 is 4.57 Å². The molecule has 2 nitrogen and oxygen atoms in total. The minimum Gasteiger partial charge on any atom is -0.234 e. The minimum atomic E-state index is 1.22. The highest BCUT2D eigenvalue weighted by Crippen LogP contribution is 2.13. The molecule has 0 aliphatic rings. The monoisotopic (exact) mass is 433 g/mol. The van der Waals surface area contributed by atoms with Gasteiger partial charge in [0.1, 0.15) is 12.4 Å². The van der Waals surface area contributed by atoms with Crippen molar-refractivity contribution >= 4 is 0 Å². The Kier molecular flexibility index (Phi) is 19.2.